The summed E-state index contributed by atoms with van der Waals surface area (Å²) < 4.78 is 16.9. The summed E-state index contributed by atoms with van der Waals surface area (Å²) in [4.78, 5) is 28.6. The Morgan fingerprint density at radius 1 is 1.25 bits per heavy atom. The Morgan fingerprint density at radius 2 is 1.96 bits per heavy atom. The van der Waals surface area contributed by atoms with E-state index in [0.717, 1.165) is 12.8 Å². The van der Waals surface area contributed by atoms with Gasteiger partial charge in [-0.1, -0.05) is 12.1 Å². The summed E-state index contributed by atoms with van der Waals surface area (Å²) in [5.41, 5.74) is -0.509. The summed E-state index contributed by atoms with van der Waals surface area (Å²) in [6.07, 6.45) is 0.946. The van der Waals surface area contributed by atoms with Crippen LogP contribution in [0, 0.1) is 5.92 Å². The second-order valence-corrected chi connectivity index (χ2v) is 8.52. The average molecular weight is 390 g/mol. The van der Waals surface area contributed by atoms with E-state index < -0.39 is 11.7 Å². The number of fused-ring (bicyclic) bond motifs is 1. The standard InChI is InChI=1S/C21H30N2O5/c1-21(2,3)28-20(25)23-11-7-8-15(13-23)12-22(4)19(24)18-14-26-16-9-5-6-10-17(16)27-18/h5-6,9-10,15,18H,7-8,11-14H2,1-4H3. The van der Waals surface area contributed by atoms with Gasteiger partial charge in [0.1, 0.15) is 12.2 Å². The van der Waals surface area contributed by atoms with Crippen LogP contribution < -0.4 is 9.47 Å². The molecule has 154 valence electrons. The molecule has 2 amide bonds. The summed E-state index contributed by atoms with van der Waals surface area (Å²) in [6, 6.07) is 7.35. The maximum atomic E-state index is 12.8. The fourth-order valence-electron chi connectivity index (χ4n) is 3.57. The van der Waals surface area contributed by atoms with Gasteiger partial charge < -0.3 is 24.0 Å². The maximum absolute atomic E-state index is 12.8. The molecule has 2 aliphatic rings. The number of benzene rings is 1. The first-order valence-electron chi connectivity index (χ1n) is 9.84. The Morgan fingerprint density at radius 3 is 2.68 bits per heavy atom. The molecule has 0 saturated carbocycles. The van der Waals surface area contributed by atoms with Gasteiger partial charge in [0, 0.05) is 26.7 Å². The number of likely N-dealkylation sites (N-methyl/N-ethyl adjacent to an activating group) is 1. The SMILES string of the molecule is CN(CC1CCCN(C(=O)OC(C)(C)C)C1)C(=O)C1COc2ccccc2O1. The zero-order valence-corrected chi connectivity index (χ0v) is 17.1. The lowest BCUT2D eigenvalue weighted by Crippen LogP contribution is -2.49. The van der Waals surface area contributed by atoms with Crippen molar-refractivity contribution in [3.8, 4) is 11.5 Å². The van der Waals surface area contributed by atoms with E-state index in [2.05, 4.69) is 0 Å². The smallest absolute Gasteiger partial charge is 0.410 e. The minimum Gasteiger partial charge on any atom is -0.485 e. The normalized spacial score (nSPS) is 21.8. The van der Waals surface area contributed by atoms with Crippen molar-refractivity contribution in [2.75, 3.05) is 33.3 Å². The van der Waals surface area contributed by atoms with E-state index in [0.29, 0.717) is 31.1 Å². The highest BCUT2D eigenvalue weighted by Gasteiger charge is 2.33. The monoisotopic (exact) mass is 390 g/mol. The molecule has 2 heterocycles. The van der Waals surface area contributed by atoms with Gasteiger partial charge in [-0.05, 0) is 51.7 Å². The Labute approximate surface area is 166 Å². The Kier molecular flexibility index (Phi) is 6.01. The van der Waals surface area contributed by atoms with Crippen molar-refractivity contribution in [1.29, 1.82) is 0 Å². The molecule has 1 aromatic rings. The molecule has 1 saturated heterocycles. The molecule has 0 aliphatic carbocycles. The van der Waals surface area contributed by atoms with Crippen molar-refractivity contribution < 1.29 is 23.8 Å². The summed E-state index contributed by atoms with van der Waals surface area (Å²) in [5, 5.41) is 0. The molecule has 0 bridgehead atoms. The van der Waals surface area contributed by atoms with E-state index in [1.807, 2.05) is 39.0 Å². The zero-order valence-electron chi connectivity index (χ0n) is 17.1. The van der Waals surface area contributed by atoms with Crippen LogP contribution in [0.15, 0.2) is 24.3 Å². The molecule has 7 heteroatoms. The van der Waals surface area contributed by atoms with Crippen molar-refractivity contribution in [3.63, 3.8) is 0 Å². The first-order chi connectivity index (χ1) is 13.2. The molecule has 7 nitrogen and oxygen atoms in total. The highest BCUT2D eigenvalue weighted by atomic mass is 16.6. The van der Waals surface area contributed by atoms with Gasteiger partial charge in [0.2, 0.25) is 6.10 Å². The van der Waals surface area contributed by atoms with Crippen molar-refractivity contribution in [2.24, 2.45) is 5.92 Å². The van der Waals surface area contributed by atoms with Crippen LogP contribution in [0.25, 0.3) is 0 Å². The molecular formula is C21H30N2O5. The second-order valence-electron chi connectivity index (χ2n) is 8.52. The minimum atomic E-state index is -0.648. The molecule has 3 rings (SSSR count). The molecule has 0 spiro atoms. The summed E-state index contributed by atoms with van der Waals surface area (Å²) in [6.45, 7) is 7.65. The second kappa shape index (κ2) is 8.29. The molecule has 2 aliphatic heterocycles. The Balaban J connectivity index is 1.53. The fraction of sp³-hybridized carbons (Fsp3) is 0.619. The van der Waals surface area contributed by atoms with Crippen LogP contribution in [-0.4, -0.2) is 66.8 Å². The van der Waals surface area contributed by atoms with Gasteiger partial charge in [-0.2, -0.15) is 0 Å². The zero-order chi connectivity index (χ0) is 20.3. The number of nitrogens with zero attached hydrogens (tertiary/aromatic N) is 2. The van der Waals surface area contributed by atoms with Crippen LogP contribution in [0.4, 0.5) is 4.79 Å². The van der Waals surface area contributed by atoms with Crippen LogP contribution in [0.2, 0.25) is 0 Å². The van der Waals surface area contributed by atoms with Crippen LogP contribution in [0.1, 0.15) is 33.6 Å². The highest BCUT2D eigenvalue weighted by molar-refractivity contribution is 5.81. The number of rotatable bonds is 3. The van der Waals surface area contributed by atoms with Gasteiger partial charge in [0.25, 0.3) is 5.91 Å². The molecule has 2 unspecified atom stereocenters. The van der Waals surface area contributed by atoms with Gasteiger partial charge in [-0.15, -0.1) is 0 Å². The lowest BCUT2D eigenvalue weighted by Gasteiger charge is -2.36. The van der Waals surface area contributed by atoms with E-state index in [1.54, 1.807) is 22.9 Å². The lowest BCUT2D eigenvalue weighted by atomic mass is 9.97. The number of hydrogen-bond donors (Lipinski definition) is 0. The number of para-hydroxylation sites is 2. The summed E-state index contributed by atoms with van der Waals surface area (Å²) in [7, 11) is 1.78. The van der Waals surface area contributed by atoms with E-state index in [1.165, 1.54) is 0 Å². The third kappa shape index (κ3) is 5.09. The van der Waals surface area contributed by atoms with Crippen molar-refractivity contribution in [3.05, 3.63) is 24.3 Å². The van der Waals surface area contributed by atoms with Crippen LogP contribution in [0.3, 0.4) is 0 Å². The molecule has 0 aromatic heterocycles. The average Bonchev–Trinajstić information content (AvgIpc) is 2.66. The van der Waals surface area contributed by atoms with Crippen LogP contribution in [-0.2, 0) is 9.53 Å². The Bertz CT molecular complexity index is 715. The van der Waals surface area contributed by atoms with Crippen molar-refractivity contribution in [1.82, 2.24) is 9.80 Å². The van der Waals surface area contributed by atoms with Crippen molar-refractivity contribution in [2.45, 2.75) is 45.3 Å². The molecule has 2 atom stereocenters. The highest BCUT2D eigenvalue weighted by Crippen LogP contribution is 2.31. The molecule has 1 fully saturated rings. The number of carbonyl (C=O) groups is 2. The number of piperidine rings is 1. The summed E-state index contributed by atoms with van der Waals surface area (Å²) >= 11 is 0. The van der Waals surface area contributed by atoms with Gasteiger partial charge in [0.05, 0.1) is 0 Å². The quantitative estimate of drug-likeness (QED) is 0.794. The van der Waals surface area contributed by atoms with E-state index in [4.69, 9.17) is 14.2 Å². The minimum absolute atomic E-state index is 0.108. The van der Waals surface area contributed by atoms with Crippen molar-refractivity contribution >= 4 is 12.0 Å². The third-order valence-corrected chi connectivity index (χ3v) is 4.86. The molecule has 0 N–H and O–H groups in total. The first-order valence-corrected chi connectivity index (χ1v) is 9.84. The predicted octanol–water partition coefficient (Wildman–Crippen LogP) is 2.93. The van der Waals surface area contributed by atoms with E-state index >= 15 is 0 Å². The molecular weight excluding hydrogens is 360 g/mol. The molecule has 0 radical (unpaired) electrons. The fourth-order valence-corrected chi connectivity index (χ4v) is 3.57. The van der Waals surface area contributed by atoms with E-state index in [-0.39, 0.29) is 24.5 Å². The van der Waals surface area contributed by atoms with E-state index in [9.17, 15) is 9.59 Å². The molecule has 1 aromatic carbocycles. The largest absolute Gasteiger partial charge is 0.485 e. The van der Waals surface area contributed by atoms with Crippen LogP contribution >= 0.6 is 0 Å². The number of likely N-dealkylation sites (tertiary alicyclic amines) is 1. The Hall–Kier alpha value is -2.44. The predicted molar refractivity (Wildman–Crippen MR) is 105 cm³/mol. The lowest BCUT2D eigenvalue weighted by molar-refractivity contribution is -0.140. The van der Waals surface area contributed by atoms with Gasteiger partial charge in [-0.25, -0.2) is 4.79 Å². The number of hydrogen-bond acceptors (Lipinski definition) is 5. The van der Waals surface area contributed by atoms with Gasteiger partial charge in [0.15, 0.2) is 11.5 Å². The first kappa shape index (κ1) is 20.3. The number of carbonyl (C=O) groups excluding carboxylic acids is 2. The van der Waals surface area contributed by atoms with Gasteiger partial charge >= 0.3 is 6.09 Å². The van der Waals surface area contributed by atoms with Crippen LogP contribution in [0.5, 0.6) is 11.5 Å². The third-order valence-electron chi connectivity index (χ3n) is 4.86. The topological polar surface area (TPSA) is 68.3 Å². The number of ether oxygens (including phenoxy) is 3. The maximum Gasteiger partial charge on any atom is 0.410 e. The summed E-state index contributed by atoms with van der Waals surface area (Å²) in [5.74, 6) is 1.36. The number of amides is 2. The van der Waals surface area contributed by atoms with Gasteiger partial charge in [-0.3, -0.25) is 4.79 Å². The molecule has 28 heavy (non-hydrogen) atoms.